The van der Waals surface area contributed by atoms with E-state index in [9.17, 15) is 0 Å². The third-order valence-corrected chi connectivity index (χ3v) is 3.17. The topological polar surface area (TPSA) is 78.8 Å². The highest BCUT2D eigenvalue weighted by Gasteiger charge is 2.26. The minimum absolute atomic E-state index is 0.0572. The summed E-state index contributed by atoms with van der Waals surface area (Å²) >= 11 is 0. The van der Waals surface area contributed by atoms with Crippen LogP contribution < -0.4 is 10.5 Å². The Bertz CT molecular complexity index is 592. The van der Waals surface area contributed by atoms with E-state index in [4.69, 9.17) is 10.5 Å². The second-order valence-electron chi connectivity index (χ2n) is 4.61. The Morgan fingerprint density at radius 2 is 2.33 bits per heavy atom. The van der Waals surface area contributed by atoms with E-state index in [1.165, 1.54) is 11.1 Å². The number of tetrazole rings is 1. The predicted octanol–water partition coefficient (Wildman–Crippen LogP) is 0.448. The third-order valence-electron chi connectivity index (χ3n) is 3.17. The van der Waals surface area contributed by atoms with Crippen LogP contribution in [0.25, 0.3) is 11.4 Å². The molecule has 3 rings (SSSR count). The zero-order valence-corrected chi connectivity index (χ0v) is 10.4. The molecule has 0 unspecified atom stereocenters. The molecule has 1 aromatic heterocycles. The maximum absolute atomic E-state index is 5.89. The molecular formula is C12H15N5O. The zero-order chi connectivity index (χ0) is 12.7. The molecule has 6 heteroatoms. The lowest BCUT2D eigenvalue weighted by Crippen LogP contribution is -2.24. The smallest absolute Gasteiger partial charge is 0.185 e. The summed E-state index contributed by atoms with van der Waals surface area (Å²) in [7, 11) is 1.82. The lowest BCUT2D eigenvalue weighted by Gasteiger charge is -2.10. The van der Waals surface area contributed by atoms with E-state index in [1.807, 2.05) is 13.1 Å². The number of fused-ring (bicyclic) bond motifs is 1. The lowest BCUT2D eigenvalue weighted by atomic mass is 10.0. The van der Waals surface area contributed by atoms with Crippen molar-refractivity contribution < 1.29 is 4.74 Å². The van der Waals surface area contributed by atoms with Crippen LogP contribution in [0.3, 0.4) is 0 Å². The molecule has 0 saturated carbocycles. The van der Waals surface area contributed by atoms with Crippen molar-refractivity contribution in [1.82, 2.24) is 20.2 Å². The summed E-state index contributed by atoms with van der Waals surface area (Å²) in [6.45, 7) is 2.58. The summed E-state index contributed by atoms with van der Waals surface area (Å²) in [5.74, 6) is 1.58. The Morgan fingerprint density at radius 1 is 1.50 bits per heavy atom. The van der Waals surface area contributed by atoms with Gasteiger partial charge in [-0.25, -0.2) is 4.68 Å². The Kier molecular flexibility index (Phi) is 2.52. The second-order valence-corrected chi connectivity index (χ2v) is 4.61. The van der Waals surface area contributed by atoms with Crippen molar-refractivity contribution in [1.29, 1.82) is 0 Å². The first-order valence-corrected chi connectivity index (χ1v) is 5.92. The second kappa shape index (κ2) is 4.06. The third kappa shape index (κ3) is 1.65. The van der Waals surface area contributed by atoms with Gasteiger partial charge in [-0.3, -0.25) is 0 Å². The van der Waals surface area contributed by atoms with Gasteiger partial charge in [-0.1, -0.05) is 6.07 Å². The summed E-state index contributed by atoms with van der Waals surface area (Å²) < 4.78 is 7.53. The van der Waals surface area contributed by atoms with Gasteiger partial charge in [0.2, 0.25) is 0 Å². The molecule has 1 aliphatic rings. The standard InChI is InChI=1S/C12H15N5O/c1-7-3-8-5-9(6-13)18-11(8)10(4-7)12-14-15-16-17(12)2/h3-4,9H,5-6,13H2,1-2H3/t9-/m0/s1. The predicted molar refractivity (Wildman–Crippen MR) is 66.1 cm³/mol. The highest BCUT2D eigenvalue weighted by atomic mass is 16.5. The molecule has 1 aromatic carbocycles. The van der Waals surface area contributed by atoms with Gasteiger partial charge < -0.3 is 10.5 Å². The van der Waals surface area contributed by atoms with E-state index in [2.05, 4.69) is 28.5 Å². The number of rotatable bonds is 2. The highest BCUT2D eigenvalue weighted by Crippen LogP contribution is 2.38. The molecule has 94 valence electrons. The highest BCUT2D eigenvalue weighted by molar-refractivity contribution is 5.68. The average molecular weight is 245 g/mol. The summed E-state index contributed by atoms with van der Waals surface area (Å²) in [5, 5.41) is 11.6. The molecule has 0 bridgehead atoms. The van der Waals surface area contributed by atoms with Crippen molar-refractivity contribution in [2.75, 3.05) is 6.54 Å². The van der Waals surface area contributed by atoms with Crippen LogP contribution in [-0.2, 0) is 13.5 Å². The fraction of sp³-hybridized carbons (Fsp3) is 0.417. The van der Waals surface area contributed by atoms with Gasteiger partial charge >= 0.3 is 0 Å². The molecule has 0 fully saturated rings. The molecule has 0 amide bonds. The molecule has 2 aromatic rings. The largest absolute Gasteiger partial charge is 0.488 e. The molecule has 1 aliphatic heterocycles. The van der Waals surface area contributed by atoms with Crippen LogP contribution >= 0.6 is 0 Å². The van der Waals surface area contributed by atoms with Gasteiger partial charge in [0.15, 0.2) is 5.82 Å². The van der Waals surface area contributed by atoms with Gasteiger partial charge in [0.05, 0.1) is 5.56 Å². The van der Waals surface area contributed by atoms with Crippen molar-refractivity contribution in [3.63, 3.8) is 0 Å². The summed E-state index contributed by atoms with van der Waals surface area (Å²) in [5.41, 5.74) is 8.98. The Morgan fingerprint density at radius 3 is 3.00 bits per heavy atom. The van der Waals surface area contributed by atoms with E-state index in [0.717, 1.165) is 17.7 Å². The summed E-state index contributed by atoms with van der Waals surface area (Å²) in [6, 6.07) is 4.18. The van der Waals surface area contributed by atoms with Crippen molar-refractivity contribution in [3.05, 3.63) is 23.3 Å². The van der Waals surface area contributed by atoms with Crippen LogP contribution in [0.15, 0.2) is 12.1 Å². The number of hydrogen-bond acceptors (Lipinski definition) is 5. The van der Waals surface area contributed by atoms with Crippen LogP contribution in [0.5, 0.6) is 5.75 Å². The van der Waals surface area contributed by atoms with Gasteiger partial charge in [0.25, 0.3) is 0 Å². The number of benzene rings is 1. The van der Waals surface area contributed by atoms with E-state index in [-0.39, 0.29) is 6.10 Å². The van der Waals surface area contributed by atoms with E-state index in [1.54, 1.807) is 4.68 Å². The minimum atomic E-state index is 0.0572. The molecule has 2 heterocycles. The normalized spacial score (nSPS) is 17.6. The van der Waals surface area contributed by atoms with Crippen LogP contribution in [-0.4, -0.2) is 32.9 Å². The van der Waals surface area contributed by atoms with Crippen molar-refractivity contribution in [2.45, 2.75) is 19.4 Å². The van der Waals surface area contributed by atoms with Gasteiger partial charge in [-0.2, -0.15) is 0 Å². The Labute approximate surface area is 105 Å². The summed E-state index contributed by atoms with van der Waals surface area (Å²) in [6.07, 6.45) is 0.910. The fourth-order valence-electron chi connectivity index (χ4n) is 2.35. The van der Waals surface area contributed by atoms with Crippen molar-refractivity contribution in [2.24, 2.45) is 12.8 Å². The first-order valence-electron chi connectivity index (χ1n) is 5.92. The number of ether oxygens (including phenoxy) is 1. The molecule has 0 saturated heterocycles. The number of hydrogen-bond donors (Lipinski definition) is 1. The van der Waals surface area contributed by atoms with Crippen LogP contribution in [0.4, 0.5) is 0 Å². The number of aryl methyl sites for hydroxylation is 2. The molecule has 1 atom stereocenters. The monoisotopic (exact) mass is 245 g/mol. The van der Waals surface area contributed by atoms with Crippen LogP contribution in [0.1, 0.15) is 11.1 Å². The molecular weight excluding hydrogens is 230 g/mol. The molecule has 18 heavy (non-hydrogen) atoms. The molecule has 0 aliphatic carbocycles. The van der Waals surface area contributed by atoms with Gasteiger partial charge in [0.1, 0.15) is 11.9 Å². The van der Waals surface area contributed by atoms with Crippen LogP contribution in [0.2, 0.25) is 0 Å². The lowest BCUT2D eigenvalue weighted by molar-refractivity contribution is 0.242. The van der Waals surface area contributed by atoms with E-state index < -0.39 is 0 Å². The minimum Gasteiger partial charge on any atom is -0.488 e. The van der Waals surface area contributed by atoms with Gasteiger partial charge in [-0.05, 0) is 34.5 Å². The maximum Gasteiger partial charge on any atom is 0.185 e. The molecule has 2 N–H and O–H groups in total. The molecule has 0 radical (unpaired) electrons. The fourth-order valence-corrected chi connectivity index (χ4v) is 2.35. The zero-order valence-electron chi connectivity index (χ0n) is 10.4. The Balaban J connectivity index is 2.15. The van der Waals surface area contributed by atoms with Crippen LogP contribution in [0, 0.1) is 6.92 Å². The first-order chi connectivity index (χ1) is 8.69. The number of aromatic nitrogens is 4. The van der Waals surface area contributed by atoms with E-state index in [0.29, 0.717) is 12.4 Å². The van der Waals surface area contributed by atoms with Crippen molar-refractivity contribution >= 4 is 0 Å². The quantitative estimate of drug-likeness (QED) is 0.831. The number of nitrogens with two attached hydrogens (primary N) is 1. The van der Waals surface area contributed by atoms with E-state index >= 15 is 0 Å². The number of nitrogens with zero attached hydrogens (tertiary/aromatic N) is 4. The van der Waals surface area contributed by atoms with Crippen molar-refractivity contribution in [3.8, 4) is 17.1 Å². The average Bonchev–Trinajstić information content (AvgIpc) is 2.93. The van der Waals surface area contributed by atoms with Gasteiger partial charge in [-0.15, -0.1) is 5.10 Å². The maximum atomic E-state index is 5.89. The van der Waals surface area contributed by atoms with Gasteiger partial charge in [0, 0.05) is 20.0 Å². The molecule has 0 spiro atoms. The first kappa shape index (κ1) is 11.2. The SMILES string of the molecule is Cc1cc2c(c(-c3nnnn3C)c1)O[C@H](CN)C2. The summed E-state index contributed by atoms with van der Waals surface area (Å²) in [4.78, 5) is 0. The molecule has 6 nitrogen and oxygen atoms in total. The Hall–Kier alpha value is -1.95.